The first kappa shape index (κ1) is 24.2. The van der Waals surface area contributed by atoms with Crippen LogP contribution in [0.5, 0.6) is 0 Å². The van der Waals surface area contributed by atoms with Crippen LogP contribution in [0.15, 0.2) is 59.6 Å². The van der Waals surface area contributed by atoms with E-state index in [1.54, 1.807) is 7.05 Å². The van der Waals surface area contributed by atoms with E-state index in [9.17, 15) is 4.79 Å². The highest BCUT2D eigenvalue weighted by molar-refractivity contribution is 14.0. The zero-order chi connectivity index (χ0) is 20.5. The molecule has 1 aliphatic heterocycles. The normalized spacial score (nSPS) is 14.7. The lowest BCUT2D eigenvalue weighted by atomic mass is 9.90. The molecular weight excluding hydrogens is 487 g/mol. The van der Waals surface area contributed by atoms with Crippen molar-refractivity contribution in [1.82, 2.24) is 15.5 Å². The highest BCUT2D eigenvalue weighted by Gasteiger charge is 2.21. The first-order valence-electron chi connectivity index (χ1n) is 10.5. The summed E-state index contributed by atoms with van der Waals surface area (Å²) in [7, 11) is 3.51. The average molecular weight is 520 g/mol. The van der Waals surface area contributed by atoms with Crippen LogP contribution in [0.3, 0.4) is 0 Å². The van der Waals surface area contributed by atoms with E-state index in [1.165, 1.54) is 24.8 Å². The maximum Gasteiger partial charge on any atom is 0.251 e. The maximum absolute atomic E-state index is 11.8. The van der Waals surface area contributed by atoms with Crippen molar-refractivity contribution < 1.29 is 4.79 Å². The summed E-state index contributed by atoms with van der Waals surface area (Å²) in [6, 6.07) is 18.6. The number of nitrogens with zero attached hydrogens (tertiary/aromatic N) is 2. The van der Waals surface area contributed by atoms with Gasteiger partial charge in [0.1, 0.15) is 0 Å². The standard InChI is InChI=1S/C24H32N4O.HI/c1-25-23(29)22-10-6-9-20(18-22)11-14-27-24(26-2)28-15-12-21(13-16-28)17-19-7-4-3-5-8-19;/h3-10,18,21H,11-17H2,1-2H3,(H,25,29)(H,26,27);1H. The second-order valence-electron chi connectivity index (χ2n) is 7.62. The highest BCUT2D eigenvalue weighted by Crippen LogP contribution is 2.21. The molecule has 1 saturated heterocycles. The molecular formula is C24H33IN4O. The predicted octanol–water partition coefficient (Wildman–Crippen LogP) is 3.74. The van der Waals surface area contributed by atoms with Crippen LogP contribution in [-0.2, 0) is 12.8 Å². The molecule has 2 aromatic carbocycles. The molecule has 2 N–H and O–H groups in total. The average Bonchev–Trinajstić information content (AvgIpc) is 2.78. The summed E-state index contributed by atoms with van der Waals surface area (Å²) in [4.78, 5) is 18.6. The number of aliphatic imine (C=N–C) groups is 1. The van der Waals surface area contributed by atoms with Gasteiger partial charge in [-0.3, -0.25) is 9.79 Å². The van der Waals surface area contributed by atoms with Gasteiger partial charge in [0.05, 0.1) is 0 Å². The third-order valence-electron chi connectivity index (χ3n) is 5.61. The van der Waals surface area contributed by atoms with E-state index in [-0.39, 0.29) is 29.9 Å². The molecule has 0 bridgehead atoms. The lowest BCUT2D eigenvalue weighted by Crippen LogP contribution is -2.46. The van der Waals surface area contributed by atoms with E-state index >= 15 is 0 Å². The Morgan fingerprint density at radius 3 is 2.43 bits per heavy atom. The monoisotopic (exact) mass is 520 g/mol. The van der Waals surface area contributed by atoms with E-state index in [2.05, 4.69) is 56.9 Å². The zero-order valence-electron chi connectivity index (χ0n) is 17.9. The van der Waals surface area contributed by atoms with Crippen LogP contribution in [-0.4, -0.2) is 50.5 Å². The van der Waals surface area contributed by atoms with Crippen molar-refractivity contribution in [2.45, 2.75) is 25.7 Å². The van der Waals surface area contributed by atoms with Gasteiger partial charge in [-0.25, -0.2) is 0 Å². The number of piperidine rings is 1. The number of hydrogen-bond acceptors (Lipinski definition) is 2. The van der Waals surface area contributed by atoms with E-state index in [0.29, 0.717) is 5.56 Å². The van der Waals surface area contributed by atoms with Crippen molar-refractivity contribution in [2.75, 3.05) is 33.7 Å². The number of rotatable bonds is 6. The molecule has 0 aromatic heterocycles. The van der Waals surface area contributed by atoms with Gasteiger partial charge in [0.15, 0.2) is 5.96 Å². The van der Waals surface area contributed by atoms with Crippen molar-refractivity contribution in [2.24, 2.45) is 10.9 Å². The van der Waals surface area contributed by atoms with Crippen LogP contribution in [0.25, 0.3) is 0 Å². The number of halogens is 1. The third-order valence-corrected chi connectivity index (χ3v) is 5.61. The fourth-order valence-electron chi connectivity index (χ4n) is 3.96. The Labute approximate surface area is 197 Å². The smallest absolute Gasteiger partial charge is 0.251 e. The topological polar surface area (TPSA) is 56.7 Å². The molecule has 3 rings (SSSR count). The van der Waals surface area contributed by atoms with Gasteiger partial charge < -0.3 is 15.5 Å². The van der Waals surface area contributed by atoms with Gasteiger partial charge in [-0.2, -0.15) is 0 Å². The Bertz CT molecular complexity index is 817. The first-order valence-corrected chi connectivity index (χ1v) is 10.5. The number of benzene rings is 2. The Morgan fingerprint density at radius 2 is 1.77 bits per heavy atom. The van der Waals surface area contributed by atoms with Crippen molar-refractivity contribution in [3.8, 4) is 0 Å². The number of guanidine groups is 1. The summed E-state index contributed by atoms with van der Waals surface area (Å²) in [5.41, 5.74) is 3.29. The van der Waals surface area contributed by atoms with Crippen LogP contribution in [0, 0.1) is 5.92 Å². The molecule has 6 heteroatoms. The predicted molar refractivity (Wildman–Crippen MR) is 135 cm³/mol. The number of carbonyl (C=O) groups is 1. The van der Waals surface area contributed by atoms with Gasteiger partial charge in [-0.1, -0.05) is 42.5 Å². The number of hydrogen-bond donors (Lipinski definition) is 2. The van der Waals surface area contributed by atoms with Gasteiger partial charge >= 0.3 is 0 Å². The van der Waals surface area contributed by atoms with Crippen molar-refractivity contribution in [3.05, 3.63) is 71.3 Å². The van der Waals surface area contributed by atoms with Gasteiger partial charge in [0, 0.05) is 39.3 Å². The second kappa shape index (κ2) is 12.6. The summed E-state index contributed by atoms with van der Waals surface area (Å²) in [6.45, 7) is 2.89. The van der Waals surface area contributed by atoms with E-state index in [1.807, 2.05) is 25.2 Å². The summed E-state index contributed by atoms with van der Waals surface area (Å²) in [6.07, 6.45) is 4.42. The lowest BCUT2D eigenvalue weighted by Gasteiger charge is -2.34. The van der Waals surface area contributed by atoms with Crippen LogP contribution in [0.2, 0.25) is 0 Å². The lowest BCUT2D eigenvalue weighted by molar-refractivity contribution is 0.0963. The molecule has 162 valence electrons. The molecule has 0 spiro atoms. The maximum atomic E-state index is 11.8. The van der Waals surface area contributed by atoms with E-state index < -0.39 is 0 Å². The Hall–Kier alpha value is -2.09. The molecule has 0 aliphatic carbocycles. The summed E-state index contributed by atoms with van der Waals surface area (Å²) in [5, 5.41) is 6.16. The number of amides is 1. The molecule has 5 nitrogen and oxygen atoms in total. The molecule has 1 fully saturated rings. The summed E-state index contributed by atoms with van der Waals surface area (Å²) >= 11 is 0. The molecule has 30 heavy (non-hydrogen) atoms. The molecule has 1 amide bonds. The Kier molecular flexibility index (Phi) is 10.1. The third kappa shape index (κ3) is 7.00. The van der Waals surface area contributed by atoms with Crippen LogP contribution < -0.4 is 10.6 Å². The van der Waals surface area contributed by atoms with Crippen LogP contribution in [0.1, 0.15) is 34.3 Å². The van der Waals surface area contributed by atoms with Crippen molar-refractivity contribution in [3.63, 3.8) is 0 Å². The van der Waals surface area contributed by atoms with Crippen molar-refractivity contribution in [1.29, 1.82) is 0 Å². The molecule has 1 aliphatic rings. The quantitative estimate of drug-likeness (QED) is 0.347. The molecule has 2 aromatic rings. The largest absolute Gasteiger partial charge is 0.356 e. The van der Waals surface area contributed by atoms with E-state index in [4.69, 9.17) is 0 Å². The summed E-state index contributed by atoms with van der Waals surface area (Å²) in [5.74, 6) is 1.68. The molecule has 0 unspecified atom stereocenters. The second-order valence-corrected chi connectivity index (χ2v) is 7.62. The molecule has 0 radical (unpaired) electrons. The molecule has 0 saturated carbocycles. The first-order chi connectivity index (χ1) is 14.2. The van der Waals surface area contributed by atoms with Gasteiger partial charge in [-0.15, -0.1) is 24.0 Å². The van der Waals surface area contributed by atoms with Gasteiger partial charge in [0.2, 0.25) is 0 Å². The molecule has 1 heterocycles. The van der Waals surface area contributed by atoms with Gasteiger partial charge in [0.25, 0.3) is 5.91 Å². The Morgan fingerprint density at radius 1 is 1.07 bits per heavy atom. The van der Waals surface area contributed by atoms with Crippen LogP contribution in [0.4, 0.5) is 0 Å². The number of nitrogens with one attached hydrogen (secondary N) is 2. The molecule has 0 atom stereocenters. The Balaban J connectivity index is 0.00000320. The fraction of sp³-hybridized carbons (Fsp3) is 0.417. The number of likely N-dealkylation sites (tertiary alicyclic amines) is 1. The zero-order valence-corrected chi connectivity index (χ0v) is 20.3. The van der Waals surface area contributed by atoms with E-state index in [0.717, 1.165) is 43.5 Å². The van der Waals surface area contributed by atoms with Gasteiger partial charge in [-0.05, 0) is 54.9 Å². The minimum Gasteiger partial charge on any atom is -0.356 e. The minimum atomic E-state index is -0.0472. The highest BCUT2D eigenvalue weighted by atomic mass is 127. The SMILES string of the molecule is CN=C(NCCc1cccc(C(=O)NC)c1)N1CCC(Cc2ccccc2)CC1.I. The van der Waals surface area contributed by atoms with Crippen molar-refractivity contribution >= 4 is 35.8 Å². The number of carbonyl (C=O) groups excluding carboxylic acids is 1. The summed E-state index contributed by atoms with van der Waals surface area (Å²) < 4.78 is 0. The fourth-order valence-corrected chi connectivity index (χ4v) is 3.96. The van der Waals surface area contributed by atoms with Crippen LogP contribution >= 0.6 is 24.0 Å². The minimum absolute atomic E-state index is 0.